The van der Waals surface area contributed by atoms with Crippen molar-refractivity contribution >= 4 is 12.0 Å². The van der Waals surface area contributed by atoms with E-state index in [1.807, 2.05) is 0 Å². The van der Waals surface area contributed by atoms with Crippen LogP contribution in [-0.4, -0.2) is 61.2 Å². The maximum absolute atomic E-state index is 12.6. The van der Waals surface area contributed by atoms with Gasteiger partial charge in [-0.15, -0.1) is 0 Å². The molecule has 2 aliphatic rings. The minimum absolute atomic E-state index is 0.0445. The van der Waals surface area contributed by atoms with E-state index in [4.69, 9.17) is 13.9 Å². The summed E-state index contributed by atoms with van der Waals surface area (Å²) < 4.78 is 15.5. The van der Waals surface area contributed by atoms with Gasteiger partial charge in [-0.3, -0.25) is 9.59 Å². The minimum Gasteiger partial charge on any atom is -0.490 e. The molecule has 2 saturated heterocycles. The maximum atomic E-state index is 12.6. The van der Waals surface area contributed by atoms with Crippen LogP contribution in [0.1, 0.15) is 23.4 Å². The number of rotatable bonds is 2. The SMILES string of the molecule is COc1coc(C(=O)N2CCCC3(CN(C)C(=O)O3)C2)cc1=O. The van der Waals surface area contributed by atoms with Crippen molar-refractivity contribution in [2.75, 3.05) is 33.8 Å². The number of nitrogens with zero attached hydrogens (tertiary/aromatic N) is 2. The molecule has 1 unspecified atom stereocenters. The monoisotopic (exact) mass is 322 g/mol. The Bertz CT molecular complexity index is 699. The van der Waals surface area contributed by atoms with Crippen molar-refractivity contribution < 1.29 is 23.5 Å². The molecule has 1 aromatic heterocycles. The predicted octanol–water partition coefficient (Wildman–Crippen LogP) is 0.705. The van der Waals surface area contributed by atoms with Crippen molar-refractivity contribution in [1.29, 1.82) is 0 Å². The summed E-state index contributed by atoms with van der Waals surface area (Å²) in [4.78, 5) is 39.0. The number of likely N-dealkylation sites (tertiary alicyclic amines) is 1. The molecule has 0 saturated carbocycles. The van der Waals surface area contributed by atoms with Gasteiger partial charge in [-0.25, -0.2) is 4.79 Å². The van der Waals surface area contributed by atoms with E-state index in [0.717, 1.165) is 12.3 Å². The molecule has 0 N–H and O–H groups in total. The zero-order chi connectivity index (χ0) is 16.6. The molecule has 1 aromatic rings. The molecule has 23 heavy (non-hydrogen) atoms. The quantitative estimate of drug-likeness (QED) is 0.796. The number of hydrogen-bond donors (Lipinski definition) is 0. The lowest BCUT2D eigenvalue weighted by Crippen LogP contribution is -2.52. The largest absolute Gasteiger partial charge is 0.490 e. The highest BCUT2D eigenvalue weighted by Crippen LogP contribution is 2.31. The second-order valence-electron chi connectivity index (χ2n) is 5.91. The summed E-state index contributed by atoms with van der Waals surface area (Å²) in [5, 5.41) is 0. The van der Waals surface area contributed by atoms with Crippen LogP contribution in [0.25, 0.3) is 0 Å². The summed E-state index contributed by atoms with van der Waals surface area (Å²) in [6.07, 6.45) is 2.17. The van der Waals surface area contributed by atoms with Crippen molar-refractivity contribution in [1.82, 2.24) is 9.80 Å². The lowest BCUT2D eigenvalue weighted by molar-refractivity contribution is -0.00630. The van der Waals surface area contributed by atoms with Crippen molar-refractivity contribution in [2.45, 2.75) is 18.4 Å². The molecule has 0 aliphatic carbocycles. The second-order valence-corrected chi connectivity index (χ2v) is 5.91. The van der Waals surface area contributed by atoms with Crippen LogP contribution in [0.15, 0.2) is 21.5 Å². The van der Waals surface area contributed by atoms with Crippen LogP contribution >= 0.6 is 0 Å². The first-order valence-electron chi connectivity index (χ1n) is 7.34. The van der Waals surface area contributed by atoms with Gasteiger partial charge in [0, 0.05) is 19.7 Å². The Hall–Kier alpha value is -2.51. The molecule has 2 amide bonds. The normalized spacial score (nSPS) is 24.0. The number of carbonyl (C=O) groups is 2. The molecule has 0 radical (unpaired) electrons. The van der Waals surface area contributed by atoms with E-state index in [2.05, 4.69) is 0 Å². The third-order valence-corrected chi connectivity index (χ3v) is 4.20. The topological polar surface area (TPSA) is 89.3 Å². The van der Waals surface area contributed by atoms with Gasteiger partial charge in [0.25, 0.3) is 5.91 Å². The summed E-state index contributed by atoms with van der Waals surface area (Å²) in [5.74, 6) is -0.400. The highest BCUT2D eigenvalue weighted by Gasteiger charge is 2.47. The van der Waals surface area contributed by atoms with E-state index in [1.165, 1.54) is 12.0 Å². The average molecular weight is 322 g/mol. The molecule has 1 spiro atoms. The van der Waals surface area contributed by atoms with Gasteiger partial charge in [0.05, 0.1) is 20.2 Å². The van der Waals surface area contributed by atoms with Crippen LogP contribution in [-0.2, 0) is 4.74 Å². The molecule has 124 valence electrons. The molecule has 8 nitrogen and oxygen atoms in total. The van der Waals surface area contributed by atoms with Gasteiger partial charge in [-0.2, -0.15) is 0 Å². The van der Waals surface area contributed by atoms with E-state index in [9.17, 15) is 14.4 Å². The summed E-state index contributed by atoms with van der Waals surface area (Å²) in [5.41, 5.74) is -1.09. The van der Waals surface area contributed by atoms with Crippen LogP contribution in [0.3, 0.4) is 0 Å². The van der Waals surface area contributed by atoms with E-state index < -0.39 is 16.9 Å². The van der Waals surface area contributed by atoms with E-state index in [1.54, 1.807) is 11.9 Å². The molecule has 3 heterocycles. The Balaban J connectivity index is 1.79. The average Bonchev–Trinajstić information content (AvgIpc) is 2.80. The first-order chi connectivity index (χ1) is 10.9. The number of carbonyl (C=O) groups excluding carboxylic acids is 2. The third-order valence-electron chi connectivity index (χ3n) is 4.20. The lowest BCUT2D eigenvalue weighted by Gasteiger charge is -2.38. The van der Waals surface area contributed by atoms with Gasteiger partial charge in [-0.1, -0.05) is 0 Å². The van der Waals surface area contributed by atoms with Crippen molar-refractivity contribution in [2.24, 2.45) is 0 Å². The Morgan fingerprint density at radius 3 is 2.74 bits per heavy atom. The molecule has 2 aliphatic heterocycles. The summed E-state index contributed by atoms with van der Waals surface area (Å²) in [6.45, 7) is 1.26. The zero-order valence-electron chi connectivity index (χ0n) is 13.0. The van der Waals surface area contributed by atoms with Gasteiger partial charge in [-0.05, 0) is 12.8 Å². The Labute approximate surface area is 132 Å². The summed E-state index contributed by atoms with van der Waals surface area (Å²) in [7, 11) is 3.02. The van der Waals surface area contributed by atoms with Gasteiger partial charge in [0.15, 0.2) is 5.76 Å². The smallest absolute Gasteiger partial charge is 0.410 e. The first kappa shape index (κ1) is 15.4. The van der Waals surface area contributed by atoms with E-state index >= 15 is 0 Å². The number of piperidine rings is 1. The van der Waals surface area contributed by atoms with Gasteiger partial charge in [0.1, 0.15) is 11.9 Å². The number of amides is 2. The van der Waals surface area contributed by atoms with Crippen molar-refractivity contribution in [3.8, 4) is 5.75 Å². The molecule has 0 bridgehead atoms. The second kappa shape index (κ2) is 5.60. The lowest BCUT2D eigenvalue weighted by atomic mass is 9.92. The predicted molar refractivity (Wildman–Crippen MR) is 78.5 cm³/mol. The van der Waals surface area contributed by atoms with Crippen LogP contribution in [0.4, 0.5) is 4.79 Å². The zero-order valence-corrected chi connectivity index (χ0v) is 13.0. The molecule has 3 rings (SSSR count). The van der Waals surface area contributed by atoms with E-state index in [-0.39, 0.29) is 24.1 Å². The van der Waals surface area contributed by atoms with Gasteiger partial charge >= 0.3 is 6.09 Å². The van der Waals surface area contributed by atoms with Crippen LogP contribution in [0.2, 0.25) is 0 Å². The highest BCUT2D eigenvalue weighted by atomic mass is 16.6. The van der Waals surface area contributed by atoms with Crippen LogP contribution in [0.5, 0.6) is 5.75 Å². The molecule has 1 atom stereocenters. The first-order valence-corrected chi connectivity index (χ1v) is 7.34. The van der Waals surface area contributed by atoms with Crippen LogP contribution < -0.4 is 10.2 Å². The minimum atomic E-state index is -0.674. The Morgan fingerprint density at radius 2 is 2.13 bits per heavy atom. The third kappa shape index (κ3) is 2.76. The van der Waals surface area contributed by atoms with Crippen molar-refractivity contribution in [3.63, 3.8) is 0 Å². The summed E-state index contributed by atoms with van der Waals surface area (Å²) in [6, 6.07) is 1.12. The summed E-state index contributed by atoms with van der Waals surface area (Å²) >= 11 is 0. The van der Waals surface area contributed by atoms with Crippen molar-refractivity contribution in [3.05, 3.63) is 28.3 Å². The standard InChI is InChI=1S/C15H18N2O6/c1-16-8-15(23-14(16)20)4-3-5-17(9-15)13(19)11-6-10(18)12(21-2)7-22-11/h6-7H,3-5,8-9H2,1-2H3. The van der Waals surface area contributed by atoms with Crippen LogP contribution in [0, 0.1) is 0 Å². The van der Waals surface area contributed by atoms with Gasteiger partial charge in [0.2, 0.25) is 11.2 Å². The van der Waals surface area contributed by atoms with Gasteiger partial charge < -0.3 is 23.7 Å². The molecule has 8 heteroatoms. The maximum Gasteiger partial charge on any atom is 0.410 e. The van der Waals surface area contributed by atoms with E-state index in [0.29, 0.717) is 25.9 Å². The highest BCUT2D eigenvalue weighted by molar-refractivity contribution is 5.91. The molecular weight excluding hydrogens is 304 g/mol. The number of methoxy groups -OCH3 is 1. The Kier molecular flexibility index (Phi) is 3.75. The number of ether oxygens (including phenoxy) is 2. The fraction of sp³-hybridized carbons (Fsp3) is 0.533. The fourth-order valence-corrected chi connectivity index (χ4v) is 3.09. The number of likely N-dealkylation sites (N-methyl/N-ethyl adjacent to an activating group) is 1. The fourth-order valence-electron chi connectivity index (χ4n) is 3.09. The Morgan fingerprint density at radius 1 is 1.35 bits per heavy atom. The molecule has 2 fully saturated rings. The number of hydrogen-bond acceptors (Lipinski definition) is 6. The molecular formula is C15H18N2O6. The molecule has 0 aromatic carbocycles.